The third-order valence-corrected chi connectivity index (χ3v) is 2.67. The maximum atomic E-state index is 12.6. The van der Waals surface area contributed by atoms with Crippen LogP contribution in [0.15, 0.2) is 23.0 Å². The lowest BCUT2D eigenvalue weighted by Gasteiger charge is -2.10. The van der Waals surface area contributed by atoms with Crippen LogP contribution >= 0.6 is 11.6 Å². The highest BCUT2D eigenvalue weighted by Crippen LogP contribution is 2.36. The van der Waals surface area contributed by atoms with Crippen LogP contribution in [0, 0.1) is 6.92 Å². The van der Waals surface area contributed by atoms with Gasteiger partial charge >= 0.3 is 6.18 Å². The van der Waals surface area contributed by atoms with Gasteiger partial charge in [-0.05, 0) is 19.1 Å². The van der Waals surface area contributed by atoms with E-state index in [0.29, 0.717) is 5.69 Å². The summed E-state index contributed by atoms with van der Waals surface area (Å²) in [6.07, 6.45) is -4.54. The number of alkyl halides is 3. The number of halogens is 4. The molecule has 0 saturated carbocycles. The Morgan fingerprint density at radius 1 is 1.24 bits per heavy atom. The monoisotopic (exact) mass is 261 g/mol. The van der Waals surface area contributed by atoms with Crippen LogP contribution in [0.2, 0.25) is 5.02 Å². The van der Waals surface area contributed by atoms with Gasteiger partial charge in [0.1, 0.15) is 0 Å². The van der Waals surface area contributed by atoms with E-state index >= 15 is 0 Å². The molecule has 0 atom stereocenters. The topological polar surface area (TPSA) is 32.9 Å². The van der Waals surface area contributed by atoms with E-state index in [1.165, 1.54) is 6.07 Å². The molecule has 0 spiro atoms. The van der Waals surface area contributed by atoms with Gasteiger partial charge in [-0.2, -0.15) is 13.2 Å². The van der Waals surface area contributed by atoms with Crippen LogP contribution in [0.4, 0.5) is 13.2 Å². The molecular formula is C11H7ClF3NO. The van der Waals surface area contributed by atoms with E-state index in [0.717, 1.165) is 12.1 Å². The summed E-state index contributed by atoms with van der Waals surface area (Å²) in [6.45, 7) is 1.60. The van der Waals surface area contributed by atoms with E-state index in [4.69, 9.17) is 11.6 Å². The Bertz CT molecular complexity index is 645. The maximum Gasteiger partial charge on any atom is 0.417 e. The first-order valence-electron chi connectivity index (χ1n) is 4.69. The fourth-order valence-electron chi connectivity index (χ4n) is 1.62. The Kier molecular flexibility index (Phi) is 2.66. The molecule has 1 aromatic heterocycles. The van der Waals surface area contributed by atoms with E-state index in [-0.39, 0.29) is 16.3 Å². The smallest absolute Gasteiger partial charge is 0.358 e. The van der Waals surface area contributed by atoms with E-state index < -0.39 is 16.8 Å². The first kappa shape index (κ1) is 12.0. The summed E-state index contributed by atoms with van der Waals surface area (Å²) in [6, 6.07) is 3.20. The molecule has 1 heterocycles. The standard InChI is InChI=1S/C11H7ClF3NO/c1-5-2-10(17)6-3-8(12)7(11(13,14)15)4-9(6)16-5/h2-4H,1H3,(H,16,17). The van der Waals surface area contributed by atoms with Crippen LogP contribution in [0.25, 0.3) is 10.9 Å². The number of hydrogen-bond donors (Lipinski definition) is 1. The highest BCUT2D eigenvalue weighted by atomic mass is 35.5. The molecule has 2 aromatic rings. The van der Waals surface area contributed by atoms with Crippen molar-refractivity contribution in [1.29, 1.82) is 0 Å². The molecule has 0 aliphatic heterocycles. The number of rotatable bonds is 0. The van der Waals surface area contributed by atoms with Crippen LogP contribution in [0.5, 0.6) is 0 Å². The summed E-state index contributed by atoms with van der Waals surface area (Å²) in [5, 5.41) is -0.326. The first-order chi connectivity index (χ1) is 7.79. The van der Waals surface area contributed by atoms with Crippen molar-refractivity contribution in [3.63, 3.8) is 0 Å². The zero-order valence-electron chi connectivity index (χ0n) is 8.65. The van der Waals surface area contributed by atoms with Gasteiger partial charge in [-0.15, -0.1) is 0 Å². The van der Waals surface area contributed by atoms with Crippen molar-refractivity contribution < 1.29 is 13.2 Å². The van der Waals surface area contributed by atoms with Crippen LogP contribution in [-0.2, 0) is 6.18 Å². The lowest BCUT2D eigenvalue weighted by Crippen LogP contribution is -2.09. The van der Waals surface area contributed by atoms with Crippen molar-refractivity contribution in [2.75, 3.05) is 0 Å². The normalized spacial score (nSPS) is 12.1. The van der Waals surface area contributed by atoms with Crippen molar-refractivity contribution >= 4 is 22.5 Å². The summed E-state index contributed by atoms with van der Waals surface area (Å²) in [5.41, 5.74) is -0.676. The van der Waals surface area contributed by atoms with Crippen molar-refractivity contribution in [3.8, 4) is 0 Å². The highest BCUT2D eigenvalue weighted by molar-refractivity contribution is 6.32. The van der Waals surface area contributed by atoms with Crippen molar-refractivity contribution in [1.82, 2.24) is 4.98 Å². The largest absolute Gasteiger partial charge is 0.417 e. The molecule has 2 rings (SSSR count). The van der Waals surface area contributed by atoms with Crippen molar-refractivity contribution in [2.24, 2.45) is 0 Å². The van der Waals surface area contributed by atoms with Gasteiger partial charge in [0, 0.05) is 17.1 Å². The molecule has 0 radical (unpaired) electrons. The molecule has 6 heteroatoms. The third-order valence-electron chi connectivity index (χ3n) is 2.36. The molecular weight excluding hydrogens is 255 g/mol. The predicted octanol–water partition coefficient (Wildman–Crippen LogP) is 3.51. The number of benzene rings is 1. The number of aromatic amines is 1. The van der Waals surface area contributed by atoms with E-state index in [1.54, 1.807) is 6.92 Å². The van der Waals surface area contributed by atoms with Crippen molar-refractivity contribution in [3.05, 3.63) is 44.7 Å². The highest BCUT2D eigenvalue weighted by Gasteiger charge is 2.33. The summed E-state index contributed by atoms with van der Waals surface area (Å²) in [4.78, 5) is 14.3. The number of pyridine rings is 1. The third kappa shape index (κ3) is 2.15. The minimum atomic E-state index is -4.54. The zero-order valence-corrected chi connectivity index (χ0v) is 9.41. The van der Waals surface area contributed by atoms with Crippen molar-refractivity contribution in [2.45, 2.75) is 13.1 Å². The summed E-state index contributed by atoms with van der Waals surface area (Å²) < 4.78 is 37.8. The second-order valence-electron chi connectivity index (χ2n) is 3.69. The number of H-pyrrole nitrogens is 1. The Balaban J connectivity index is 2.86. The first-order valence-corrected chi connectivity index (χ1v) is 5.07. The fraction of sp³-hybridized carbons (Fsp3) is 0.182. The molecule has 90 valence electrons. The molecule has 0 aliphatic carbocycles. The SMILES string of the molecule is Cc1cc(=O)c2cc(Cl)c(C(F)(F)F)cc2[nH]1. The van der Waals surface area contributed by atoms with Gasteiger partial charge in [-0.3, -0.25) is 4.79 Å². The Morgan fingerprint density at radius 2 is 1.88 bits per heavy atom. The molecule has 0 unspecified atom stereocenters. The quantitative estimate of drug-likeness (QED) is 0.773. The molecule has 0 amide bonds. The number of hydrogen-bond acceptors (Lipinski definition) is 1. The lowest BCUT2D eigenvalue weighted by atomic mass is 10.1. The fourth-order valence-corrected chi connectivity index (χ4v) is 1.89. The summed E-state index contributed by atoms with van der Waals surface area (Å²) in [7, 11) is 0. The van der Waals surface area contributed by atoms with Crippen LogP contribution in [0.1, 0.15) is 11.3 Å². The molecule has 1 aromatic carbocycles. The Morgan fingerprint density at radius 3 is 2.47 bits per heavy atom. The van der Waals surface area contributed by atoms with Crippen LogP contribution < -0.4 is 5.43 Å². The van der Waals surface area contributed by atoms with Gasteiger partial charge in [0.05, 0.1) is 16.1 Å². The minimum Gasteiger partial charge on any atom is -0.358 e. The minimum absolute atomic E-state index is 0.131. The van der Waals surface area contributed by atoms with Gasteiger partial charge in [0.25, 0.3) is 0 Å². The molecule has 0 saturated heterocycles. The molecule has 1 N–H and O–H groups in total. The van der Waals surface area contributed by atoms with Crippen LogP contribution in [-0.4, -0.2) is 4.98 Å². The molecule has 0 fully saturated rings. The number of aromatic nitrogens is 1. The zero-order chi connectivity index (χ0) is 12.8. The van der Waals surface area contributed by atoms with Gasteiger partial charge in [-0.25, -0.2) is 0 Å². The summed E-state index contributed by atoms with van der Waals surface area (Å²) >= 11 is 5.53. The average molecular weight is 262 g/mol. The maximum absolute atomic E-state index is 12.6. The van der Waals surface area contributed by atoms with E-state index in [9.17, 15) is 18.0 Å². The second kappa shape index (κ2) is 3.77. The summed E-state index contributed by atoms with van der Waals surface area (Å²) in [5.74, 6) is 0. The van der Waals surface area contributed by atoms with Gasteiger partial charge in [0.2, 0.25) is 0 Å². The van der Waals surface area contributed by atoms with E-state index in [1.807, 2.05) is 0 Å². The molecule has 2 nitrogen and oxygen atoms in total. The van der Waals surface area contributed by atoms with Crippen LogP contribution in [0.3, 0.4) is 0 Å². The average Bonchev–Trinajstić information content (AvgIpc) is 2.16. The predicted molar refractivity (Wildman–Crippen MR) is 59.3 cm³/mol. The Hall–Kier alpha value is -1.49. The lowest BCUT2D eigenvalue weighted by molar-refractivity contribution is -0.137. The van der Waals surface area contributed by atoms with E-state index in [2.05, 4.69) is 4.98 Å². The Labute approximate surface area is 99.0 Å². The molecule has 0 bridgehead atoms. The number of aryl methyl sites for hydroxylation is 1. The molecule has 0 aliphatic rings. The van der Waals surface area contributed by atoms with Gasteiger partial charge in [0.15, 0.2) is 5.43 Å². The second-order valence-corrected chi connectivity index (χ2v) is 4.10. The van der Waals surface area contributed by atoms with Gasteiger partial charge < -0.3 is 4.98 Å². The number of nitrogens with one attached hydrogen (secondary N) is 1. The number of fused-ring (bicyclic) bond motifs is 1. The van der Waals surface area contributed by atoms with Gasteiger partial charge in [-0.1, -0.05) is 11.6 Å². The molecule has 17 heavy (non-hydrogen) atoms.